The third-order valence-electron chi connectivity index (χ3n) is 2.59. The first kappa shape index (κ1) is 9.52. The van der Waals surface area contributed by atoms with Crippen LogP contribution in [0.4, 0.5) is 5.69 Å². The van der Waals surface area contributed by atoms with Gasteiger partial charge in [-0.05, 0) is 17.9 Å². The van der Waals surface area contributed by atoms with Gasteiger partial charge in [0.15, 0.2) is 0 Å². The number of carbonyl (C=O) groups is 1. The summed E-state index contributed by atoms with van der Waals surface area (Å²) in [5.41, 5.74) is 1.22. The lowest BCUT2D eigenvalue weighted by Gasteiger charge is -2.15. The van der Waals surface area contributed by atoms with E-state index in [1.54, 1.807) is 11.3 Å². The average molecular weight is 211 g/mol. The Balaban J connectivity index is 1.98. The van der Waals surface area contributed by atoms with Gasteiger partial charge in [0.1, 0.15) is 0 Å². The molecule has 0 N–H and O–H groups in total. The minimum absolute atomic E-state index is 0.0555. The van der Waals surface area contributed by atoms with Gasteiger partial charge in [0.25, 0.3) is 0 Å². The van der Waals surface area contributed by atoms with Crippen molar-refractivity contribution < 1.29 is 9.53 Å². The summed E-state index contributed by atoms with van der Waals surface area (Å²) in [5, 5.41) is 4.17. The van der Waals surface area contributed by atoms with Crippen molar-refractivity contribution in [2.24, 2.45) is 5.92 Å². The molecule has 1 aromatic rings. The summed E-state index contributed by atoms with van der Waals surface area (Å²) >= 11 is 1.68. The summed E-state index contributed by atoms with van der Waals surface area (Å²) < 4.78 is 4.74. The molecule has 0 radical (unpaired) electrons. The summed E-state index contributed by atoms with van der Waals surface area (Å²) in [7, 11) is 1.45. The molecule has 3 nitrogen and oxygen atoms in total. The molecular formula is C10H13NO2S. The van der Waals surface area contributed by atoms with Crippen molar-refractivity contribution in [2.45, 2.75) is 6.42 Å². The number of ether oxygens (including phenoxy) is 1. The standard InChI is InChI=1S/C10H13NO2S/c1-13-10(12)8-2-4-11(6-8)9-3-5-14-7-9/h3,5,7-8H,2,4,6H2,1H3. The van der Waals surface area contributed by atoms with Crippen molar-refractivity contribution in [1.29, 1.82) is 0 Å². The molecule has 0 amide bonds. The molecule has 1 atom stereocenters. The maximum Gasteiger partial charge on any atom is 0.310 e. The number of nitrogens with zero attached hydrogens (tertiary/aromatic N) is 1. The highest BCUT2D eigenvalue weighted by Crippen LogP contribution is 2.26. The lowest BCUT2D eigenvalue weighted by Crippen LogP contribution is -2.23. The van der Waals surface area contributed by atoms with Crippen LogP contribution in [-0.4, -0.2) is 26.2 Å². The van der Waals surface area contributed by atoms with E-state index in [0.717, 1.165) is 19.5 Å². The molecule has 1 aromatic heterocycles. The topological polar surface area (TPSA) is 29.5 Å². The smallest absolute Gasteiger partial charge is 0.310 e. The third kappa shape index (κ3) is 1.75. The predicted octanol–water partition coefficient (Wildman–Crippen LogP) is 1.75. The van der Waals surface area contributed by atoms with E-state index >= 15 is 0 Å². The Morgan fingerprint density at radius 1 is 1.71 bits per heavy atom. The van der Waals surface area contributed by atoms with Crippen molar-refractivity contribution in [2.75, 3.05) is 25.1 Å². The number of esters is 1. The summed E-state index contributed by atoms with van der Waals surface area (Å²) in [6.07, 6.45) is 0.905. The van der Waals surface area contributed by atoms with Crippen LogP contribution < -0.4 is 4.90 Å². The van der Waals surface area contributed by atoms with Gasteiger partial charge in [-0.1, -0.05) is 0 Å². The number of methoxy groups -OCH3 is 1. The molecule has 0 bridgehead atoms. The first-order valence-electron chi connectivity index (χ1n) is 4.66. The molecular weight excluding hydrogens is 198 g/mol. The third-order valence-corrected chi connectivity index (χ3v) is 3.26. The molecule has 1 unspecified atom stereocenters. The molecule has 1 fully saturated rings. The zero-order valence-corrected chi connectivity index (χ0v) is 8.92. The Bertz CT molecular complexity index is 310. The van der Waals surface area contributed by atoms with Gasteiger partial charge in [0.2, 0.25) is 0 Å². The zero-order valence-electron chi connectivity index (χ0n) is 8.10. The summed E-state index contributed by atoms with van der Waals surface area (Å²) in [4.78, 5) is 13.5. The first-order valence-corrected chi connectivity index (χ1v) is 5.60. The number of anilines is 1. The number of carbonyl (C=O) groups excluding carboxylic acids is 1. The van der Waals surface area contributed by atoms with Gasteiger partial charge >= 0.3 is 5.97 Å². The fourth-order valence-electron chi connectivity index (χ4n) is 1.79. The van der Waals surface area contributed by atoms with Crippen LogP contribution >= 0.6 is 11.3 Å². The Kier molecular flexibility index (Phi) is 2.72. The Hall–Kier alpha value is -1.03. The highest BCUT2D eigenvalue weighted by atomic mass is 32.1. The van der Waals surface area contributed by atoms with E-state index in [4.69, 9.17) is 4.74 Å². The highest BCUT2D eigenvalue weighted by molar-refractivity contribution is 7.08. The maximum atomic E-state index is 11.3. The van der Waals surface area contributed by atoms with E-state index in [0.29, 0.717) is 0 Å². The fraction of sp³-hybridized carbons (Fsp3) is 0.500. The molecule has 0 aliphatic carbocycles. The van der Waals surface area contributed by atoms with Crippen molar-refractivity contribution in [3.05, 3.63) is 16.8 Å². The first-order chi connectivity index (χ1) is 6.81. The van der Waals surface area contributed by atoms with Crippen molar-refractivity contribution in [3.63, 3.8) is 0 Å². The van der Waals surface area contributed by atoms with Gasteiger partial charge in [-0.2, -0.15) is 11.3 Å². The van der Waals surface area contributed by atoms with Gasteiger partial charge in [0.05, 0.1) is 13.0 Å². The van der Waals surface area contributed by atoms with E-state index in [2.05, 4.69) is 21.7 Å². The molecule has 1 saturated heterocycles. The van der Waals surface area contributed by atoms with Gasteiger partial charge in [-0.3, -0.25) is 4.79 Å². The monoisotopic (exact) mass is 211 g/mol. The Labute approximate surface area is 87.3 Å². The molecule has 1 aliphatic heterocycles. The van der Waals surface area contributed by atoms with Gasteiger partial charge in [-0.15, -0.1) is 0 Å². The van der Waals surface area contributed by atoms with Crippen LogP contribution in [0.2, 0.25) is 0 Å². The van der Waals surface area contributed by atoms with Gasteiger partial charge in [0, 0.05) is 24.2 Å². The number of hydrogen-bond donors (Lipinski definition) is 0. The Morgan fingerprint density at radius 3 is 3.21 bits per heavy atom. The maximum absolute atomic E-state index is 11.3. The highest BCUT2D eigenvalue weighted by Gasteiger charge is 2.29. The minimum Gasteiger partial charge on any atom is -0.469 e. The van der Waals surface area contributed by atoms with Crippen molar-refractivity contribution in [1.82, 2.24) is 0 Å². The second-order valence-electron chi connectivity index (χ2n) is 3.44. The largest absolute Gasteiger partial charge is 0.469 e. The van der Waals surface area contributed by atoms with Gasteiger partial charge in [-0.25, -0.2) is 0 Å². The quantitative estimate of drug-likeness (QED) is 0.698. The van der Waals surface area contributed by atoms with Crippen molar-refractivity contribution >= 4 is 23.0 Å². The number of thiophene rings is 1. The number of rotatable bonds is 2. The normalized spacial score (nSPS) is 21.2. The molecule has 76 valence electrons. The average Bonchev–Trinajstić information content (AvgIpc) is 2.86. The van der Waals surface area contributed by atoms with Crippen LogP contribution in [0.25, 0.3) is 0 Å². The van der Waals surface area contributed by atoms with E-state index in [-0.39, 0.29) is 11.9 Å². The van der Waals surface area contributed by atoms with E-state index in [9.17, 15) is 4.79 Å². The minimum atomic E-state index is -0.0808. The summed E-state index contributed by atoms with van der Waals surface area (Å²) in [5.74, 6) is -0.0253. The fourth-order valence-corrected chi connectivity index (χ4v) is 2.45. The van der Waals surface area contributed by atoms with Crippen LogP contribution in [0.5, 0.6) is 0 Å². The van der Waals surface area contributed by atoms with Crippen molar-refractivity contribution in [3.8, 4) is 0 Å². The van der Waals surface area contributed by atoms with E-state index in [1.165, 1.54) is 12.8 Å². The number of hydrogen-bond acceptors (Lipinski definition) is 4. The lowest BCUT2D eigenvalue weighted by molar-refractivity contribution is -0.144. The van der Waals surface area contributed by atoms with Crippen LogP contribution in [0.1, 0.15) is 6.42 Å². The van der Waals surface area contributed by atoms with Crippen LogP contribution in [-0.2, 0) is 9.53 Å². The van der Waals surface area contributed by atoms with Crippen LogP contribution in [0.3, 0.4) is 0 Å². The molecule has 4 heteroatoms. The molecule has 2 rings (SSSR count). The molecule has 2 heterocycles. The van der Waals surface area contributed by atoms with Crippen LogP contribution in [0, 0.1) is 5.92 Å². The van der Waals surface area contributed by atoms with E-state index in [1.807, 2.05) is 0 Å². The second kappa shape index (κ2) is 4.00. The van der Waals surface area contributed by atoms with Gasteiger partial charge < -0.3 is 9.64 Å². The molecule has 1 aliphatic rings. The molecule has 14 heavy (non-hydrogen) atoms. The lowest BCUT2D eigenvalue weighted by atomic mass is 10.1. The molecule has 0 aromatic carbocycles. The predicted molar refractivity (Wildman–Crippen MR) is 56.7 cm³/mol. The van der Waals surface area contributed by atoms with Crippen LogP contribution in [0.15, 0.2) is 16.8 Å². The SMILES string of the molecule is COC(=O)C1CCN(c2ccsc2)C1. The Morgan fingerprint density at radius 2 is 2.57 bits per heavy atom. The molecule has 0 saturated carbocycles. The second-order valence-corrected chi connectivity index (χ2v) is 4.22. The molecule has 0 spiro atoms. The zero-order chi connectivity index (χ0) is 9.97. The van der Waals surface area contributed by atoms with E-state index < -0.39 is 0 Å². The summed E-state index contributed by atoms with van der Waals surface area (Å²) in [6.45, 7) is 1.75. The summed E-state index contributed by atoms with van der Waals surface area (Å²) in [6, 6.07) is 2.09.